The molecule has 1 aliphatic heterocycles. The van der Waals surface area contributed by atoms with E-state index in [0.29, 0.717) is 28.4 Å². The van der Waals surface area contributed by atoms with Gasteiger partial charge in [0.1, 0.15) is 5.75 Å². The van der Waals surface area contributed by atoms with Gasteiger partial charge in [-0.1, -0.05) is 48.0 Å². The first-order chi connectivity index (χ1) is 16.0. The van der Waals surface area contributed by atoms with Crippen molar-refractivity contribution in [3.05, 3.63) is 88.4 Å². The van der Waals surface area contributed by atoms with Gasteiger partial charge in [-0.15, -0.1) is 0 Å². The molecule has 0 spiro atoms. The molecule has 1 atom stereocenters. The first-order valence-corrected chi connectivity index (χ1v) is 11.2. The quantitative estimate of drug-likeness (QED) is 0.420. The molecule has 1 heterocycles. The summed E-state index contributed by atoms with van der Waals surface area (Å²) in [7, 11) is 1.57. The highest BCUT2D eigenvalue weighted by Crippen LogP contribution is 2.28. The third kappa shape index (κ3) is 5.65. The first-order valence-electron chi connectivity index (χ1n) is 10.9. The van der Waals surface area contributed by atoms with Crippen LogP contribution in [0.4, 0.5) is 16.2 Å². The SMILES string of the molecule is COc1cccc(NC(=O)NCc2ccc(C(=O)C3CCNc4ccccc4C3)cc2Cl)c1. The molecule has 3 aromatic carbocycles. The molecule has 0 aromatic heterocycles. The number of hydrogen-bond donors (Lipinski definition) is 3. The van der Waals surface area contributed by atoms with E-state index in [0.717, 1.165) is 29.8 Å². The van der Waals surface area contributed by atoms with Crippen molar-refractivity contribution in [1.29, 1.82) is 0 Å². The summed E-state index contributed by atoms with van der Waals surface area (Å²) in [6, 6.07) is 20.1. The number of fused-ring (bicyclic) bond motifs is 1. The lowest BCUT2D eigenvalue weighted by Crippen LogP contribution is -2.28. The van der Waals surface area contributed by atoms with Crippen molar-refractivity contribution in [2.45, 2.75) is 19.4 Å². The number of para-hydroxylation sites is 1. The second-order valence-corrected chi connectivity index (χ2v) is 8.39. The van der Waals surface area contributed by atoms with Crippen molar-refractivity contribution in [3.63, 3.8) is 0 Å². The Labute approximate surface area is 198 Å². The molecule has 3 N–H and O–H groups in total. The van der Waals surface area contributed by atoms with Crippen molar-refractivity contribution < 1.29 is 14.3 Å². The molecule has 0 fully saturated rings. The molecule has 170 valence electrons. The number of ketones is 1. The summed E-state index contributed by atoms with van der Waals surface area (Å²) in [4.78, 5) is 25.4. The van der Waals surface area contributed by atoms with Crippen LogP contribution in [0, 0.1) is 5.92 Å². The van der Waals surface area contributed by atoms with Crippen LogP contribution in [0.3, 0.4) is 0 Å². The van der Waals surface area contributed by atoms with Gasteiger partial charge in [0, 0.05) is 47.0 Å². The maximum Gasteiger partial charge on any atom is 0.319 e. The van der Waals surface area contributed by atoms with Crippen LogP contribution in [0.2, 0.25) is 5.02 Å². The summed E-state index contributed by atoms with van der Waals surface area (Å²) < 4.78 is 5.16. The molecule has 0 aliphatic carbocycles. The average molecular weight is 464 g/mol. The van der Waals surface area contributed by atoms with Crippen LogP contribution in [0.1, 0.15) is 27.9 Å². The van der Waals surface area contributed by atoms with Gasteiger partial charge in [-0.2, -0.15) is 0 Å². The van der Waals surface area contributed by atoms with Gasteiger partial charge in [-0.3, -0.25) is 4.79 Å². The van der Waals surface area contributed by atoms with Gasteiger partial charge in [-0.25, -0.2) is 4.79 Å². The summed E-state index contributed by atoms with van der Waals surface area (Å²) >= 11 is 6.46. The number of amides is 2. The molecule has 7 heteroatoms. The Morgan fingerprint density at radius 3 is 2.76 bits per heavy atom. The summed E-state index contributed by atoms with van der Waals surface area (Å²) in [5, 5.41) is 9.40. The lowest BCUT2D eigenvalue weighted by atomic mass is 9.89. The third-order valence-corrected chi connectivity index (χ3v) is 6.12. The molecule has 0 radical (unpaired) electrons. The van der Waals surface area contributed by atoms with Crippen LogP contribution in [0.15, 0.2) is 66.7 Å². The minimum Gasteiger partial charge on any atom is -0.497 e. The Hall–Kier alpha value is -3.51. The largest absolute Gasteiger partial charge is 0.497 e. The molecule has 3 aromatic rings. The van der Waals surface area contributed by atoms with Crippen molar-refractivity contribution in [1.82, 2.24) is 5.32 Å². The van der Waals surface area contributed by atoms with E-state index >= 15 is 0 Å². The number of halogens is 1. The number of methoxy groups -OCH3 is 1. The number of hydrogen-bond acceptors (Lipinski definition) is 4. The lowest BCUT2D eigenvalue weighted by molar-refractivity contribution is 0.0916. The van der Waals surface area contributed by atoms with E-state index < -0.39 is 0 Å². The summed E-state index contributed by atoms with van der Waals surface area (Å²) in [5.74, 6) is 0.643. The van der Waals surface area contributed by atoms with E-state index in [1.165, 1.54) is 0 Å². The van der Waals surface area contributed by atoms with E-state index in [2.05, 4.69) is 22.0 Å². The van der Waals surface area contributed by atoms with Gasteiger partial charge in [-0.05, 0) is 48.2 Å². The maximum atomic E-state index is 13.2. The lowest BCUT2D eigenvalue weighted by Gasteiger charge is -2.15. The van der Waals surface area contributed by atoms with Gasteiger partial charge in [0.05, 0.1) is 7.11 Å². The number of nitrogens with one attached hydrogen (secondary N) is 3. The molecule has 1 aliphatic rings. The molecule has 33 heavy (non-hydrogen) atoms. The molecule has 0 saturated heterocycles. The highest BCUT2D eigenvalue weighted by Gasteiger charge is 2.24. The van der Waals surface area contributed by atoms with Gasteiger partial charge < -0.3 is 20.7 Å². The molecular weight excluding hydrogens is 438 g/mol. The molecule has 0 bridgehead atoms. The molecular formula is C26H26ClN3O3. The van der Waals surface area contributed by atoms with Crippen molar-refractivity contribution in [3.8, 4) is 5.75 Å². The highest BCUT2D eigenvalue weighted by molar-refractivity contribution is 6.31. The molecule has 1 unspecified atom stereocenters. The number of carbonyl (C=O) groups excluding carboxylic acids is 2. The zero-order valence-electron chi connectivity index (χ0n) is 18.4. The summed E-state index contributed by atoms with van der Waals surface area (Å²) in [6.45, 7) is 0.995. The van der Waals surface area contributed by atoms with E-state index in [1.54, 1.807) is 49.6 Å². The third-order valence-electron chi connectivity index (χ3n) is 5.77. The Balaban J connectivity index is 1.37. The average Bonchev–Trinajstić information content (AvgIpc) is 3.05. The van der Waals surface area contributed by atoms with Gasteiger partial charge >= 0.3 is 6.03 Å². The predicted octanol–water partition coefficient (Wildman–Crippen LogP) is 5.53. The molecule has 0 saturated carbocycles. The van der Waals surface area contributed by atoms with Crippen LogP contribution >= 0.6 is 11.6 Å². The monoisotopic (exact) mass is 463 g/mol. The van der Waals surface area contributed by atoms with Gasteiger partial charge in [0.25, 0.3) is 0 Å². The van der Waals surface area contributed by atoms with Gasteiger partial charge in [0.2, 0.25) is 0 Å². The molecule has 6 nitrogen and oxygen atoms in total. The van der Waals surface area contributed by atoms with Crippen LogP contribution in [0.5, 0.6) is 5.75 Å². The highest BCUT2D eigenvalue weighted by atomic mass is 35.5. The first kappa shape index (κ1) is 22.7. The van der Waals surface area contributed by atoms with Crippen molar-refractivity contribution in [2.24, 2.45) is 5.92 Å². The van der Waals surface area contributed by atoms with E-state index in [9.17, 15) is 9.59 Å². The topological polar surface area (TPSA) is 79.5 Å². The number of benzene rings is 3. The number of anilines is 2. The van der Waals surface area contributed by atoms with E-state index in [1.807, 2.05) is 18.2 Å². The Kier molecular flexibility index (Phi) is 7.15. The Morgan fingerprint density at radius 1 is 1.09 bits per heavy atom. The smallest absolute Gasteiger partial charge is 0.319 e. The van der Waals surface area contributed by atoms with Crippen LogP contribution in [-0.2, 0) is 13.0 Å². The molecule has 2 amide bonds. The summed E-state index contributed by atoms with van der Waals surface area (Å²) in [5.41, 5.74) is 4.20. The van der Waals surface area contributed by atoms with Crippen LogP contribution in [-0.4, -0.2) is 25.5 Å². The number of Topliss-reactive ketones (excluding diaryl/α,β-unsaturated/α-hetero) is 1. The Bertz CT molecular complexity index is 1170. The van der Waals surface area contributed by atoms with E-state index in [4.69, 9.17) is 16.3 Å². The standard InChI is InChI=1S/C26H26ClN3O3/c1-33-22-7-4-6-21(15-22)30-26(32)29-16-20-10-9-18(14-23(20)27)25(31)19-11-12-28-24-8-3-2-5-17(24)13-19/h2-10,14-15,19,28H,11-13,16H2,1H3,(H2,29,30,32). The molecule has 4 rings (SSSR count). The normalized spacial score (nSPS) is 14.9. The second kappa shape index (κ2) is 10.4. The number of urea groups is 1. The number of ether oxygens (including phenoxy) is 1. The van der Waals surface area contributed by atoms with Crippen LogP contribution < -0.4 is 20.7 Å². The summed E-state index contributed by atoms with van der Waals surface area (Å²) in [6.07, 6.45) is 1.46. The zero-order valence-corrected chi connectivity index (χ0v) is 19.1. The fourth-order valence-corrected chi connectivity index (χ4v) is 4.22. The maximum absolute atomic E-state index is 13.2. The van der Waals surface area contributed by atoms with Crippen molar-refractivity contribution >= 4 is 34.8 Å². The minimum atomic E-state index is -0.357. The van der Waals surface area contributed by atoms with Crippen molar-refractivity contribution in [2.75, 3.05) is 24.3 Å². The van der Waals surface area contributed by atoms with E-state index in [-0.39, 0.29) is 24.3 Å². The fourth-order valence-electron chi connectivity index (χ4n) is 3.97. The number of rotatable bonds is 6. The fraction of sp³-hybridized carbons (Fsp3) is 0.231. The number of carbonyl (C=O) groups is 2. The van der Waals surface area contributed by atoms with Gasteiger partial charge in [0.15, 0.2) is 5.78 Å². The predicted molar refractivity (Wildman–Crippen MR) is 131 cm³/mol. The minimum absolute atomic E-state index is 0.0886. The zero-order chi connectivity index (χ0) is 23.2. The second-order valence-electron chi connectivity index (χ2n) is 7.98. The van der Waals surface area contributed by atoms with Crippen LogP contribution in [0.25, 0.3) is 0 Å². The Morgan fingerprint density at radius 2 is 1.94 bits per heavy atom.